The van der Waals surface area contributed by atoms with Gasteiger partial charge in [0.25, 0.3) is 0 Å². The van der Waals surface area contributed by atoms with Crippen LogP contribution in [0.1, 0.15) is 24.1 Å². The number of rotatable bonds is 6. The van der Waals surface area contributed by atoms with Gasteiger partial charge >= 0.3 is 0 Å². The summed E-state index contributed by atoms with van der Waals surface area (Å²) in [5.41, 5.74) is 3.39. The van der Waals surface area contributed by atoms with Gasteiger partial charge in [0, 0.05) is 11.7 Å². The Morgan fingerprint density at radius 3 is 2.00 bits per heavy atom. The van der Waals surface area contributed by atoms with Crippen LogP contribution in [0.25, 0.3) is 0 Å². The lowest BCUT2D eigenvalue weighted by Gasteiger charge is -2.20. The lowest BCUT2D eigenvalue weighted by Crippen LogP contribution is -2.08. The Morgan fingerprint density at radius 2 is 1.50 bits per heavy atom. The normalized spacial score (nSPS) is 11.7. The summed E-state index contributed by atoms with van der Waals surface area (Å²) in [7, 11) is 4.86. The van der Waals surface area contributed by atoms with Crippen LogP contribution in [0.4, 0.5) is 5.69 Å². The molecule has 0 saturated heterocycles. The average molecular weight is 301 g/mol. The summed E-state index contributed by atoms with van der Waals surface area (Å²) in [4.78, 5) is 0. The summed E-state index contributed by atoms with van der Waals surface area (Å²) in [6.45, 7) is 4.19. The number of ether oxygens (including phenoxy) is 3. The van der Waals surface area contributed by atoms with E-state index in [1.807, 2.05) is 24.3 Å². The average Bonchev–Trinajstić information content (AvgIpc) is 2.55. The highest BCUT2D eigenvalue weighted by atomic mass is 16.5. The first kappa shape index (κ1) is 16.0. The van der Waals surface area contributed by atoms with Crippen molar-refractivity contribution >= 4 is 5.69 Å². The molecule has 0 fully saturated rings. The molecule has 0 saturated carbocycles. The second kappa shape index (κ2) is 7.07. The van der Waals surface area contributed by atoms with Crippen LogP contribution in [0.2, 0.25) is 0 Å². The van der Waals surface area contributed by atoms with Gasteiger partial charge in [-0.2, -0.15) is 0 Å². The summed E-state index contributed by atoms with van der Waals surface area (Å²) in [6.07, 6.45) is 0. The maximum Gasteiger partial charge on any atom is 0.203 e. The molecule has 0 aliphatic rings. The van der Waals surface area contributed by atoms with Crippen LogP contribution < -0.4 is 19.5 Å². The molecule has 2 rings (SSSR count). The number of aryl methyl sites for hydroxylation is 1. The Balaban J connectivity index is 2.33. The van der Waals surface area contributed by atoms with Gasteiger partial charge in [0.05, 0.1) is 21.3 Å². The van der Waals surface area contributed by atoms with Crippen molar-refractivity contribution in [3.8, 4) is 17.2 Å². The lowest BCUT2D eigenvalue weighted by atomic mass is 10.1. The van der Waals surface area contributed by atoms with Crippen molar-refractivity contribution < 1.29 is 14.2 Å². The van der Waals surface area contributed by atoms with Crippen LogP contribution in [0.3, 0.4) is 0 Å². The first-order chi connectivity index (χ1) is 10.6. The summed E-state index contributed by atoms with van der Waals surface area (Å²) >= 11 is 0. The van der Waals surface area contributed by atoms with Crippen molar-refractivity contribution in [1.82, 2.24) is 0 Å². The third-order valence-electron chi connectivity index (χ3n) is 3.70. The predicted octanol–water partition coefficient (Wildman–Crippen LogP) is 4.19. The molecule has 1 N–H and O–H groups in total. The van der Waals surface area contributed by atoms with E-state index >= 15 is 0 Å². The fourth-order valence-corrected chi connectivity index (χ4v) is 2.40. The Bertz CT molecular complexity index is 615. The van der Waals surface area contributed by atoms with E-state index in [-0.39, 0.29) is 6.04 Å². The van der Waals surface area contributed by atoms with Gasteiger partial charge in [-0.15, -0.1) is 0 Å². The van der Waals surface area contributed by atoms with Gasteiger partial charge in [0.2, 0.25) is 5.75 Å². The van der Waals surface area contributed by atoms with Crippen LogP contribution in [0.15, 0.2) is 36.4 Å². The minimum absolute atomic E-state index is 0.106. The Labute approximate surface area is 132 Å². The number of benzene rings is 2. The first-order valence-electron chi connectivity index (χ1n) is 7.22. The summed E-state index contributed by atoms with van der Waals surface area (Å²) in [6, 6.07) is 12.3. The summed E-state index contributed by atoms with van der Waals surface area (Å²) in [5.74, 6) is 1.93. The fourth-order valence-electron chi connectivity index (χ4n) is 2.40. The van der Waals surface area contributed by atoms with Gasteiger partial charge in [-0.25, -0.2) is 0 Å². The highest BCUT2D eigenvalue weighted by Crippen LogP contribution is 2.40. The molecule has 1 unspecified atom stereocenters. The molecule has 0 aliphatic carbocycles. The van der Waals surface area contributed by atoms with Crippen LogP contribution in [0, 0.1) is 6.92 Å². The van der Waals surface area contributed by atoms with Crippen LogP contribution in [-0.2, 0) is 0 Å². The smallest absolute Gasteiger partial charge is 0.203 e. The van der Waals surface area contributed by atoms with Crippen molar-refractivity contribution in [3.63, 3.8) is 0 Å². The molecule has 118 valence electrons. The number of anilines is 1. The summed E-state index contributed by atoms with van der Waals surface area (Å²) < 4.78 is 16.2. The molecular weight excluding hydrogens is 278 g/mol. The molecule has 0 aliphatic heterocycles. The van der Waals surface area contributed by atoms with Gasteiger partial charge < -0.3 is 19.5 Å². The predicted molar refractivity (Wildman–Crippen MR) is 89.3 cm³/mol. The lowest BCUT2D eigenvalue weighted by molar-refractivity contribution is 0.323. The number of nitrogens with one attached hydrogen (secondary N) is 1. The molecule has 0 spiro atoms. The maximum absolute atomic E-state index is 5.41. The zero-order valence-electron chi connectivity index (χ0n) is 13.8. The van der Waals surface area contributed by atoms with E-state index in [9.17, 15) is 0 Å². The first-order valence-corrected chi connectivity index (χ1v) is 7.22. The molecule has 0 amide bonds. The summed E-state index contributed by atoms with van der Waals surface area (Å²) in [5, 5.41) is 3.51. The molecule has 0 heterocycles. The number of hydrogen-bond donors (Lipinski definition) is 1. The van der Waals surface area contributed by atoms with Crippen molar-refractivity contribution in [3.05, 3.63) is 47.5 Å². The van der Waals surface area contributed by atoms with E-state index < -0.39 is 0 Å². The number of hydrogen-bond acceptors (Lipinski definition) is 4. The molecule has 4 heteroatoms. The Kier molecular flexibility index (Phi) is 5.15. The minimum atomic E-state index is 0.106. The topological polar surface area (TPSA) is 39.7 Å². The largest absolute Gasteiger partial charge is 0.493 e. The van der Waals surface area contributed by atoms with E-state index in [1.54, 1.807) is 21.3 Å². The third-order valence-corrected chi connectivity index (χ3v) is 3.70. The van der Waals surface area contributed by atoms with Crippen LogP contribution in [0.5, 0.6) is 17.2 Å². The van der Waals surface area contributed by atoms with Gasteiger partial charge in [-0.3, -0.25) is 0 Å². The van der Waals surface area contributed by atoms with Crippen LogP contribution >= 0.6 is 0 Å². The second-order valence-electron chi connectivity index (χ2n) is 5.14. The highest BCUT2D eigenvalue weighted by molar-refractivity contribution is 5.57. The molecule has 0 bridgehead atoms. The van der Waals surface area contributed by atoms with E-state index in [0.717, 1.165) is 11.3 Å². The number of para-hydroxylation sites is 1. The van der Waals surface area contributed by atoms with Crippen molar-refractivity contribution in [2.24, 2.45) is 0 Å². The van der Waals surface area contributed by atoms with E-state index in [2.05, 4.69) is 31.3 Å². The maximum atomic E-state index is 5.41. The van der Waals surface area contributed by atoms with E-state index in [4.69, 9.17) is 14.2 Å². The molecule has 2 aromatic carbocycles. The fraction of sp³-hybridized carbons (Fsp3) is 0.333. The van der Waals surface area contributed by atoms with Crippen molar-refractivity contribution in [2.75, 3.05) is 26.6 Å². The number of methoxy groups -OCH3 is 3. The molecule has 4 nitrogen and oxygen atoms in total. The zero-order valence-corrected chi connectivity index (χ0v) is 13.8. The Morgan fingerprint density at radius 1 is 0.909 bits per heavy atom. The molecule has 22 heavy (non-hydrogen) atoms. The van der Waals surface area contributed by atoms with E-state index in [1.165, 1.54) is 5.56 Å². The van der Waals surface area contributed by atoms with Gasteiger partial charge in [-0.1, -0.05) is 18.2 Å². The van der Waals surface area contributed by atoms with E-state index in [0.29, 0.717) is 17.2 Å². The second-order valence-corrected chi connectivity index (χ2v) is 5.14. The Hall–Kier alpha value is -2.36. The monoisotopic (exact) mass is 301 g/mol. The standard InChI is InChI=1S/C18H23NO3/c1-12-8-6-7-9-15(12)19-13(2)14-10-16(20-3)18(22-5)17(11-14)21-4/h6-11,13,19H,1-5H3. The SMILES string of the molecule is COc1cc(C(C)Nc2ccccc2C)cc(OC)c1OC. The van der Waals surface area contributed by atoms with Crippen LogP contribution in [-0.4, -0.2) is 21.3 Å². The van der Waals surface area contributed by atoms with Gasteiger partial charge in [0.1, 0.15) is 0 Å². The highest BCUT2D eigenvalue weighted by Gasteiger charge is 2.16. The minimum Gasteiger partial charge on any atom is -0.493 e. The quantitative estimate of drug-likeness (QED) is 0.868. The third kappa shape index (κ3) is 3.27. The molecule has 2 aromatic rings. The molecule has 1 atom stereocenters. The molecular formula is C18H23NO3. The van der Waals surface area contributed by atoms with Gasteiger partial charge in [-0.05, 0) is 43.2 Å². The molecule has 0 radical (unpaired) electrons. The molecule has 0 aromatic heterocycles. The van der Waals surface area contributed by atoms with Gasteiger partial charge in [0.15, 0.2) is 11.5 Å². The zero-order chi connectivity index (χ0) is 16.1. The van der Waals surface area contributed by atoms with Crippen molar-refractivity contribution in [1.29, 1.82) is 0 Å². The van der Waals surface area contributed by atoms with Crippen molar-refractivity contribution in [2.45, 2.75) is 19.9 Å².